The fourth-order valence-corrected chi connectivity index (χ4v) is 5.54. The first kappa shape index (κ1) is 26.7. The van der Waals surface area contributed by atoms with E-state index in [0.29, 0.717) is 11.1 Å². The van der Waals surface area contributed by atoms with Gasteiger partial charge in [-0.25, -0.2) is 4.57 Å². The van der Waals surface area contributed by atoms with Gasteiger partial charge in [0.1, 0.15) is 5.75 Å². The van der Waals surface area contributed by atoms with E-state index in [1.807, 2.05) is 42.5 Å². The van der Waals surface area contributed by atoms with Crippen molar-refractivity contribution in [1.29, 1.82) is 0 Å². The smallest absolute Gasteiger partial charge is 0.408 e. The number of aryl methyl sites for hydroxylation is 2. The zero-order chi connectivity index (χ0) is 23.1. The highest BCUT2D eigenvalue weighted by Gasteiger charge is 2.28. The molecule has 0 aliphatic heterocycles. The molecule has 0 aliphatic rings. The van der Waals surface area contributed by atoms with Crippen molar-refractivity contribution in [3.05, 3.63) is 59.7 Å². The lowest BCUT2D eigenvalue weighted by atomic mass is 10.0. The number of benzene rings is 2. The molecule has 2 aromatic rings. The molecule has 4 heteroatoms. The molecule has 0 spiro atoms. The summed E-state index contributed by atoms with van der Waals surface area (Å²) in [5.41, 5.74) is 1.95. The summed E-state index contributed by atoms with van der Waals surface area (Å²) in [4.78, 5) is 10.9. The lowest BCUT2D eigenvalue weighted by molar-refractivity contribution is 0.391. The summed E-state index contributed by atoms with van der Waals surface area (Å²) in [5.74, 6) is 0.543. The standard InChI is InChI=1S/C28H43O3P/c1-3-5-7-9-11-13-19-25-20-15-17-23-27(25)31-32(29,30)28-24-18-16-22-26(28)21-14-12-10-8-6-4-2/h15-18,20,22-24H,3-14,19,21H2,1-2H3,(H,29,30). The molecule has 32 heavy (non-hydrogen) atoms. The highest BCUT2D eigenvalue weighted by molar-refractivity contribution is 7.61. The van der Waals surface area contributed by atoms with Gasteiger partial charge < -0.3 is 9.42 Å². The molecule has 2 aromatic carbocycles. The van der Waals surface area contributed by atoms with Gasteiger partial charge in [-0.1, -0.05) is 114 Å². The highest BCUT2D eigenvalue weighted by atomic mass is 31.2. The van der Waals surface area contributed by atoms with Crippen molar-refractivity contribution in [2.75, 3.05) is 0 Å². The Bertz CT molecular complexity index is 818. The summed E-state index contributed by atoms with van der Waals surface area (Å²) in [6.07, 6.45) is 16.3. The van der Waals surface area contributed by atoms with E-state index in [9.17, 15) is 9.46 Å². The van der Waals surface area contributed by atoms with Crippen LogP contribution in [0.5, 0.6) is 5.75 Å². The summed E-state index contributed by atoms with van der Waals surface area (Å²) in [6, 6.07) is 15.2. The minimum absolute atomic E-state index is 0.447. The van der Waals surface area contributed by atoms with E-state index in [-0.39, 0.29) is 0 Å². The van der Waals surface area contributed by atoms with Gasteiger partial charge in [0.05, 0.1) is 5.30 Å². The van der Waals surface area contributed by atoms with Gasteiger partial charge in [-0.05, 0) is 48.9 Å². The molecule has 1 N–H and O–H groups in total. The second-order valence-electron chi connectivity index (χ2n) is 8.88. The molecule has 0 fully saturated rings. The summed E-state index contributed by atoms with van der Waals surface area (Å²) >= 11 is 0. The highest BCUT2D eigenvalue weighted by Crippen LogP contribution is 2.44. The van der Waals surface area contributed by atoms with Crippen LogP contribution in [0.2, 0.25) is 0 Å². The van der Waals surface area contributed by atoms with E-state index in [2.05, 4.69) is 13.8 Å². The monoisotopic (exact) mass is 458 g/mol. The third kappa shape index (κ3) is 9.51. The lowest BCUT2D eigenvalue weighted by Gasteiger charge is -2.19. The minimum Gasteiger partial charge on any atom is -0.421 e. The van der Waals surface area contributed by atoms with Crippen LogP contribution in [0.1, 0.15) is 102 Å². The normalized spacial score (nSPS) is 13.1. The molecule has 0 heterocycles. The van der Waals surface area contributed by atoms with Crippen molar-refractivity contribution >= 4 is 12.9 Å². The molecule has 0 saturated carbocycles. The van der Waals surface area contributed by atoms with Gasteiger partial charge in [-0.2, -0.15) is 0 Å². The third-order valence-corrected chi connectivity index (χ3v) is 7.58. The molecule has 0 saturated heterocycles. The van der Waals surface area contributed by atoms with E-state index in [1.165, 1.54) is 57.8 Å². The van der Waals surface area contributed by atoms with Gasteiger partial charge in [0.2, 0.25) is 0 Å². The molecule has 3 nitrogen and oxygen atoms in total. The Hall–Kier alpha value is -1.57. The summed E-state index contributed by atoms with van der Waals surface area (Å²) in [6.45, 7) is 4.45. The Labute approximate surface area is 196 Å². The predicted octanol–water partition coefficient (Wildman–Crippen LogP) is 8.38. The zero-order valence-corrected chi connectivity index (χ0v) is 21.1. The first-order chi connectivity index (χ1) is 15.6. The Morgan fingerprint density at radius 1 is 0.656 bits per heavy atom. The van der Waals surface area contributed by atoms with E-state index < -0.39 is 7.60 Å². The Morgan fingerprint density at radius 3 is 1.75 bits per heavy atom. The molecule has 0 bridgehead atoms. The second kappa shape index (κ2) is 15.3. The molecule has 1 unspecified atom stereocenters. The van der Waals surface area contributed by atoms with Crippen molar-refractivity contribution in [3.8, 4) is 5.75 Å². The van der Waals surface area contributed by atoms with E-state index in [0.717, 1.165) is 43.2 Å². The first-order valence-electron chi connectivity index (χ1n) is 12.8. The number of hydrogen-bond acceptors (Lipinski definition) is 2. The Balaban J connectivity index is 1.99. The van der Waals surface area contributed by atoms with Crippen LogP contribution in [0.15, 0.2) is 48.5 Å². The van der Waals surface area contributed by atoms with Crippen molar-refractivity contribution < 1.29 is 14.0 Å². The van der Waals surface area contributed by atoms with Crippen molar-refractivity contribution in [2.45, 2.75) is 104 Å². The first-order valence-corrected chi connectivity index (χ1v) is 14.3. The number of unbranched alkanes of at least 4 members (excludes halogenated alkanes) is 10. The quantitative estimate of drug-likeness (QED) is 0.191. The average molecular weight is 459 g/mol. The predicted molar refractivity (Wildman–Crippen MR) is 137 cm³/mol. The maximum absolute atomic E-state index is 13.3. The van der Waals surface area contributed by atoms with Crippen LogP contribution in [0.3, 0.4) is 0 Å². The molecule has 1 atom stereocenters. The van der Waals surface area contributed by atoms with Gasteiger partial charge in [-0.15, -0.1) is 0 Å². The van der Waals surface area contributed by atoms with Crippen molar-refractivity contribution in [2.24, 2.45) is 0 Å². The van der Waals surface area contributed by atoms with Crippen LogP contribution in [-0.2, 0) is 17.4 Å². The topological polar surface area (TPSA) is 46.5 Å². The molecular formula is C28H43O3P. The van der Waals surface area contributed by atoms with Crippen LogP contribution in [0, 0.1) is 0 Å². The maximum atomic E-state index is 13.3. The Kier molecular flexibility index (Phi) is 12.8. The minimum atomic E-state index is -3.95. The van der Waals surface area contributed by atoms with E-state index in [1.54, 1.807) is 6.07 Å². The maximum Gasteiger partial charge on any atom is 0.408 e. The van der Waals surface area contributed by atoms with Gasteiger partial charge in [0, 0.05) is 0 Å². The van der Waals surface area contributed by atoms with Crippen LogP contribution in [0.4, 0.5) is 0 Å². The van der Waals surface area contributed by atoms with Gasteiger partial charge in [0.15, 0.2) is 0 Å². The van der Waals surface area contributed by atoms with Crippen LogP contribution in [-0.4, -0.2) is 4.89 Å². The molecular weight excluding hydrogens is 415 g/mol. The van der Waals surface area contributed by atoms with E-state index in [4.69, 9.17) is 4.52 Å². The average Bonchev–Trinajstić information content (AvgIpc) is 2.79. The largest absolute Gasteiger partial charge is 0.421 e. The SMILES string of the molecule is CCCCCCCCc1ccccc1OP(=O)(O)c1ccccc1CCCCCCCC. The fraction of sp³-hybridized carbons (Fsp3) is 0.571. The van der Waals surface area contributed by atoms with Crippen LogP contribution in [0.25, 0.3) is 0 Å². The van der Waals surface area contributed by atoms with Crippen LogP contribution < -0.4 is 9.83 Å². The molecule has 2 rings (SSSR count). The van der Waals surface area contributed by atoms with Gasteiger partial charge in [-0.3, -0.25) is 0 Å². The zero-order valence-electron chi connectivity index (χ0n) is 20.2. The van der Waals surface area contributed by atoms with Crippen molar-refractivity contribution in [3.63, 3.8) is 0 Å². The van der Waals surface area contributed by atoms with E-state index >= 15 is 0 Å². The number of para-hydroxylation sites is 1. The third-order valence-electron chi connectivity index (χ3n) is 6.09. The van der Waals surface area contributed by atoms with Crippen molar-refractivity contribution in [1.82, 2.24) is 0 Å². The molecule has 0 radical (unpaired) electrons. The number of hydrogen-bond donors (Lipinski definition) is 1. The fourth-order valence-electron chi connectivity index (χ4n) is 4.17. The second-order valence-corrected chi connectivity index (χ2v) is 10.6. The lowest BCUT2D eigenvalue weighted by Crippen LogP contribution is -2.15. The summed E-state index contributed by atoms with van der Waals surface area (Å²) < 4.78 is 19.1. The molecule has 0 amide bonds. The number of rotatable bonds is 17. The summed E-state index contributed by atoms with van der Waals surface area (Å²) in [7, 11) is -3.95. The van der Waals surface area contributed by atoms with Gasteiger partial charge in [0.25, 0.3) is 0 Å². The summed E-state index contributed by atoms with van der Waals surface area (Å²) in [5, 5.41) is 0.447. The molecule has 178 valence electrons. The Morgan fingerprint density at radius 2 is 1.12 bits per heavy atom. The van der Waals surface area contributed by atoms with Gasteiger partial charge >= 0.3 is 7.60 Å². The molecule has 0 aromatic heterocycles. The molecule has 0 aliphatic carbocycles. The van der Waals surface area contributed by atoms with Crippen LogP contribution >= 0.6 is 7.60 Å².